The number of aromatic nitrogens is 4. The van der Waals surface area contributed by atoms with Crippen LogP contribution in [0.5, 0.6) is 0 Å². The van der Waals surface area contributed by atoms with Crippen LogP contribution in [0.25, 0.3) is 21.6 Å². The smallest absolute Gasteiger partial charge is 0.167 e. The molecule has 0 amide bonds. The SMILES string of the molecule is [N-]=[N+]=NC1C2OC[C@@]1(CO)O[C@H]2n1cnc2c(N)ncnc21. The molecular formula is C11H12N8O3. The van der Waals surface area contributed by atoms with Crippen molar-refractivity contribution < 1.29 is 14.6 Å². The van der Waals surface area contributed by atoms with Gasteiger partial charge in [-0.3, -0.25) is 4.57 Å². The Labute approximate surface area is 123 Å². The molecule has 11 nitrogen and oxygen atoms in total. The van der Waals surface area contributed by atoms with Crippen LogP contribution in [-0.2, 0) is 9.47 Å². The lowest BCUT2D eigenvalue weighted by atomic mass is 9.98. The van der Waals surface area contributed by atoms with E-state index in [1.807, 2.05) is 0 Å². The number of nitrogen functional groups attached to an aromatic ring is 1. The van der Waals surface area contributed by atoms with Crippen molar-refractivity contribution >= 4 is 17.0 Å². The molecule has 2 fully saturated rings. The van der Waals surface area contributed by atoms with E-state index in [1.54, 1.807) is 4.57 Å². The first-order valence-electron chi connectivity index (χ1n) is 6.58. The number of imidazole rings is 1. The van der Waals surface area contributed by atoms with Crippen LogP contribution >= 0.6 is 0 Å². The molecule has 2 aromatic heterocycles. The number of nitrogens with zero attached hydrogens (tertiary/aromatic N) is 7. The Morgan fingerprint density at radius 3 is 3.18 bits per heavy atom. The second-order valence-corrected chi connectivity index (χ2v) is 5.24. The molecule has 2 aliphatic heterocycles. The Morgan fingerprint density at radius 1 is 1.55 bits per heavy atom. The van der Waals surface area contributed by atoms with Crippen molar-refractivity contribution in [3.8, 4) is 0 Å². The first kappa shape index (κ1) is 13.2. The fraction of sp³-hybridized carbons (Fsp3) is 0.545. The number of nitrogens with two attached hydrogens (primary N) is 1. The molecule has 11 heteroatoms. The van der Waals surface area contributed by atoms with Crippen molar-refractivity contribution in [2.45, 2.75) is 24.0 Å². The Morgan fingerprint density at radius 2 is 2.41 bits per heavy atom. The summed E-state index contributed by atoms with van der Waals surface area (Å²) >= 11 is 0. The molecule has 2 bridgehead atoms. The van der Waals surface area contributed by atoms with Crippen molar-refractivity contribution in [3.05, 3.63) is 23.1 Å². The van der Waals surface area contributed by atoms with Gasteiger partial charge in [-0.2, -0.15) is 0 Å². The molecule has 0 radical (unpaired) electrons. The van der Waals surface area contributed by atoms with Crippen LogP contribution in [0.1, 0.15) is 6.23 Å². The summed E-state index contributed by atoms with van der Waals surface area (Å²) in [6.45, 7) is -0.147. The van der Waals surface area contributed by atoms with Crippen LogP contribution in [-0.4, -0.2) is 55.6 Å². The van der Waals surface area contributed by atoms with Crippen LogP contribution in [0.2, 0.25) is 0 Å². The first-order valence-corrected chi connectivity index (χ1v) is 6.58. The minimum absolute atomic E-state index is 0.165. The summed E-state index contributed by atoms with van der Waals surface area (Å²) in [6, 6.07) is -0.621. The van der Waals surface area contributed by atoms with Gasteiger partial charge in [0, 0.05) is 4.91 Å². The maximum atomic E-state index is 9.65. The summed E-state index contributed by atoms with van der Waals surface area (Å²) in [6.07, 6.45) is 1.70. The molecule has 2 saturated heterocycles. The summed E-state index contributed by atoms with van der Waals surface area (Å²) in [5.74, 6) is 0.260. The molecule has 4 rings (SSSR count). The van der Waals surface area contributed by atoms with Crippen LogP contribution in [0.15, 0.2) is 17.8 Å². The topological polar surface area (TPSA) is 157 Å². The summed E-state index contributed by atoms with van der Waals surface area (Å²) in [7, 11) is 0. The van der Waals surface area contributed by atoms with Crippen molar-refractivity contribution in [2.75, 3.05) is 18.9 Å². The molecule has 4 heterocycles. The Bertz CT molecular complexity index is 787. The predicted molar refractivity (Wildman–Crippen MR) is 72.3 cm³/mol. The molecule has 3 N–H and O–H groups in total. The highest BCUT2D eigenvalue weighted by molar-refractivity contribution is 5.81. The maximum Gasteiger partial charge on any atom is 0.167 e. The fourth-order valence-electron chi connectivity index (χ4n) is 3.04. The van der Waals surface area contributed by atoms with Crippen LogP contribution in [0.3, 0.4) is 0 Å². The molecular weight excluding hydrogens is 292 g/mol. The van der Waals surface area contributed by atoms with E-state index in [4.69, 9.17) is 20.7 Å². The number of hydrogen-bond donors (Lipinski definition) is 2. The summed E-state index contributed by atoms with van der Waals surface area (Å²) < 4.78 is 13.2. The number of rotatable bonds is 3. The van der Waals surface area contributed by atoms with Gasteiger partial charge in [0.25, 0.3) is 0 Å². The van der Waals surface area contributed by atoms with Gasteiger partial charge in [-0.25, -0.2) is 15.0 Å². The highest BCUT2D eigenvalue weighted by atomic mass is 16.6. The van der Waals surface area contributed by atoms with Gasteiger partial charge in [-0.05, 0) is 5.53 Å². The predicted octanol–water partition coefficient (Wildman–Crippen LogP) is -0.254. The average molecular weight is 304 g/mol. The number of aliphatic hydroxyl groups excluding tert-OH is 1. The highest BCUT2D eigenvalue weighted by Crippen LogP contribution is 2.47. The molecule has 2 aliphatic rings. The standard InChI is InChI=1S/C11H12N8O3/c12-8-5-9(15-3-14-8)19(4-16-5)10-6-7(17-18-13)11(1-20,22-10)2-21-6/h3-4,6-7,10,20H,1-2H2,(H2,12,14,15)/t6?,7?,10-,11-/m1/s1. The van der Waals surface area contributed by atoms with Crippen molar-refractivity contribution in [3.63, 3.8) is 0 Å². The van der Waals surface area contributed by atoms with Crippen LogP contribution in [0, 0.1) is 0 Å². The first-order chi connectivity index (χ1) is 10.7. The van der Waals surface area contributed by atoms with E-state index in [0.29, 0.717) is 11.2 Å². The second kappa shape index (κ2) is 4.52. The zero-order valence-electron chi connectivity index (χ0n) is 11.3. The zero-order chi connectivity index (χ0) is 15.3. The lowest BCUT2D eigenvalue weighted by Crippen LogP contribution is -2.43. The number of fused-ring (bicyclic) bond motifs is 3. The van der Waals surface area contributed by atoms with Crippen molar-refractivity contribution in [1.29, 1.82) is 0 Å². The Hall–Kier alpha value is -2.46. The minimum Gasteiger partial charge on any atom is -0.393 e. The lowest BCUT2D eigenvalue weighted by molar-refractivity contribution is -0.182. The summed E-state index contributed by atoms with van der Waals surface area (Å²) in [5, 5.41) is 13.4. The van der Waals surface area contributed by atoms with Crippen LogP contribution in [0.4, 0.5) is 5.82 Å². The molecule has 2 aromatic rings. The van der Waals surface area contributed by atoms with Gasteiger partial charge in [0.15, 0.2) is 17.7 Å². The minimum atomic E-state index is -1.04. The highest BCUT2D eigenvalue weighted by Gasteiger charge is 2.61. The fourth-order valence-corrected chi connectivity index (χ4v) is 3.04. The monoisotopic (exact) mass is 304 g/mol. The largest absolute Gasteiger partial charge is 0.393 e. The normalized spacial score (nSPS) is 33.2. The Kier molecular flexibility index (Phi) is 2.71. The van der Waals surface area contributed by atoms with Gasteiger partial charge >= 0.3 is 0 Å². The van der Waals surface area contributed by atoms with E-state index >= 15 is 0 Å². The molecule has 4 atom stereocenters. The van der Waals surface area contributed by atoms with E-state index in [9.17, 15) is 5.11 Å². The maximum absolute atomic E-state index is 9.65. The quantitative estimate of drug-likeness (QED) is 0.449. The zero-order valence-corrected chi connectivity index (χ0v) is 11.3. The lowest BCUT2D eigenvalue weighted by Gasteiger charge is -2.29. The molecule has 0 spiro atoms. The second-order valence-electron chi connectivity index (χ2n) is 5.24. The molecule has 0 aliphatic carbocycles. The van der Waals surface area contributed by atoms with Crippen LogP contribution < -0.4 is 5.73 Å². The van der Waals surface area contributed by atoms with E-state index in [-0.39, 0.29) is 19.0 Å². The summed E-state index contributed by atoms with van der Waals surface area (Å²) in [5.41, 5.74) is 14.4. The molecule has 2 unspecified atom stereocenters. The van der Waals surface area contributed by atoms with Gasteiger partial charge in [0.2, 0.25) is 0 Å². The molecule has 0 saturated carbocycles. The summed E-state index contributed by atoms with van der Waals surface area (Å²) in [4.78, 5) is 15.0. The number of azide groups is 1. The van der Waals surface area contributed by atoms with Gasteiger partial charge < -0.3 is 20.3 Å². The van der Waals surface area contributed by atoms with E-state index in [1.165, 1.54) is 12.7 Å². The van der Waals surface area contributed by atoms with E-state index in [0.717, 1.165) is 0 Å². The average Bonchev–Trinajstić information content (AvgIpc) is 3.19. The number of hydrogen-bond acceptors (Lipinski definition) is 8. The number of ether oxygens (including phenoxy) is 2. The molecule has 0 aromatic carbocycles. The van der Waals surface area contributed by atoms with Crippen molar-refractivity contribution in [1.82, 2.24) is 19.5 Å². The van der Waals surface area contributed by atoms with Gasteiger partial charge in [-0.15, -0.1) is 0 Å². The van der Waals surface area contributed by atoms with E-state index in [2.05, 4.69) is 25.0 Å². The third-order valence-electron chi connectivity index (χ3n) is 4.11. The van der Waals surface area contributed by atoms with E-state index < -0.39 is 24.0 Å². The number of aliphatic hydroxyl groups is 1. The third-order valence-corrected chi connectivity index (χ3v) is 4.11. The van der Waals surface area contributed by atoms with Gasteiger partial charge in [-0.1, -0.05) is 5.11 Å². The van der Waals surface area contributed by atoms with Crippen molar-refractivity contribution in [2.24, 2.45) is 5.11 Å². The Balaban J connectivity index is 1.81. The molecule has 22 heavy (non-hydrogen) atoms. The third kappa shape index (κ3) is 1.56. The van der Waals surface area contributed by atoms with Gasteiger partial charge in [0.05, 0.1) is 19.5 Å². The van der Waals surface area contributed by atoms with Gasteiger partial charge in [0.1, 0.15) is 29.6 Å². The molecule has 114 valence electrons. The number of anilines is 1.